The van der Waals surface area contributed by atoms with E-state index >= 15 is 0 Å². The highest BCUT2D eigenvalue weighted by molar-refractivity contribution is 7.12. The molecule has 2 rings (SSSR count). The normalized spacial score (nSPS) is 12.8. The third kappa shape index (κ3) is 6.94. The number of aromatic hydroxyl groups is 1. The van der Waals surface area contributed by atoms with Crippen LogP contribution in [-0.4, -0.2) is 29.2 Å². The lowest BCUT2D eigenvalue weighted by molar-refractivity contribution is 0.102. The SMILES string of the molecule is COCc1ccc(C=C(C)C(=O)c2c(O)cc(C(C)CC/C=C/NC(=O)O)oc2=O)s1. The Hall–Kier alpha value is -3.17. The highest BCUT2D eigenvalue weighted by Crippen LogP contribution is 2.27. The number of hydrogen-bond acceptors (Lipinski definition) is 7. The molecule has 9 heteroatoms. The lowest BCUT2D eigenvalue weighted by atomic mass is 10.00. The van der Waals surface area contributed by atoms with Crippen molar-refractivity contribution in [2.75, 3.05) is 7.11 Å². The van der Waals surface area contributed by atoms with E-state index < -0.39 is 28.8 Å². The monoisotopic (exact) mass is 447 g/mol. The van der Waals surface area contributed by atoms with Gasteiger partial charge in [0.1, 0.15) is 17.1 Å². The highest BCUT2D eigenvalue weighted by atomic mass is 32.1. The number of allylic oxidation sites excluding steroid dienone is 2. The fourth-order valence-corrected chi connectivity index (χ4v) is 3.81. The van der Waals surface area contributed by atoms with Crippen LogP contribution in [0.5, 0.6) is 5.75 Å². The van der Waals surface area contributed by atoms with Gasteiger partial charge in [-0.05, 0) is 43.5 Å². The fourth-order valence-electron chi connectivity index (χ4n) is 2.82. The molecule has 2 heterocycles. The number of methoxy groups -OCH3 is 1. The Labute approximate surface area is 183 Å². The maximum atomic E-state index is 12.7. The minimum absolute atomic E-state index is 0.223. The fraction of sp³-hybridized carbons (Fsp3) is 0.318. The number of ether oxygens (including phenoxy) is 1. The summed E-state index contributed by atoms with van der Waals surface area (Å²) in [5.41, 5.74) is -0.997. The number of amides is 1. The summed E-state index contributed by atoms with van der Waals surface area (Å²) in [5.74, 6) is -0.998. The minimum atomic E-state index is -1.15. The van der Waals surface area contributed by atoms with Crippen molar-refractivity contribution in [1.29, 1.82) is 0 Å². The Bertz CT molecular complexity index is 1050. The first-order valence-corrected chi connectivity index (χ1v) is 10.4. The van der Waals surface area contributed by atoms with Gasteiger partial charge < -0.3 is 19.4 Å². The molecular formula is C22H25NO7S. The van der Waals surface area contributed by atoms with Crippen LogP contribution in [0.4, 0.5) is 4.79 Å². The molecule has 0 aromatic carbocycles. The van der Waals surface area contributed by atoms with E-state index in [0.717, 1.165) is 9.75 Å². The smallest absolute Gasteiger partial charge is 0.408 e. The molecule has 3 N–H and O–H groups in total. The van der Waals surface area contributed by atoms with Crippen LogP contribution in [0, 0.1) is 0 Å². The first-order chi connectivity index (χ1) is 14.7. The largest absolute Gasteiger partial charge is 0.507 e. The third-order valence-corrected chi connectivity index (χ3v) is 5.45. The molecule has 1 unspecified atom stereocenters. The second-order valence-electron chi connectivity index (χ2n) is 6.92. The Morgan fingerprint density at radius 3 is 2.74 bits per heavy atom. The van der Waals surface area contributed by atoms with Crippen LogP contribution in [0.15, 0.2) is 45.3 Å². The maximum Gasteiger partial charge on any atom is 0.408 e. The van der Waals surface area contributed by atoms with Gasteiger partial charge in [-0.3, -0.25) is 10.1 Å². The van der Waals surface area contributed by atoms with Crippen molar-refractivity contribution in [2.24, 2.45) is 0 Å². The summed E-state index contributed by atoms with van der Waals surface area (Å²) >= 11 is 1.47. The van der Waals surface area contributed by atoms with Crippen LogP contribution in [0.3, 0.4) is 0 Å². The zero-order valence-corrected chi connectivity index (χ0v) is 18.3. The Morgan fingerprint density at radius 2 is 2.10 bits per heavy atom. The predicted molar refractivity (Wildman–Crippen MR) is 118 cm³/mol. The molecule has 2 aromatic rings. The number of carboxylic acid groups (broad SMARTS) is 1. The van der Waals surface area contributed by atoms with E-state index in [2.05, 4.69) is 5.32 Å². The van der Waals surface area contributed by atoms with E-state index in [0.29, 0.717) is 25.0 Å². The van der Waals surface area contributed by atoms with Crippen molar-refractivity contribution >= 4 is 29.3 Å². The second kappa shape index (κ2) is 11.3. The first-order valence-electron chi connectivity index (χ1n) is 9.55. The van der Waals surface area contributed by atoms with Gasteiger partial charge in [-0.2, -0.15) is 0 Å². The summed E-state index contributed by atoms with van der Waals surface area (Å²) < 4.78 is 10.4. The molecule has 2 aromatic heterocycles. The van der Waals surface area contributed by atoms with Crippen LogP contribution < -0.4 is 10.9 Å². The molecule has 0 saturated heterocycles. The molecule has 0 radical (unpaired) electrons. The summed E-state index contributed by atoms with van der Waals surface area (Å²) in [4.78, 5) is 37.4. The average Bonchev–Trinajstić information content (AvgIpc) is 3.13. The Balaban J connectivity index is 2.14. The van der Waals surface area contributed by atoms with Crippen molar-refractivity contribution < 1.29 is 29.0 Å². The quantitative estimate of drug-likeness (QED) is 0.361. The number of hydrogen-bond donors (Lipinski definition) is 3. The molecule has 166 valence electrons. The number of carbonyl (C=O) groups excluding carboxylic acids is 1. The van der Waals surface area contributed by atoms with Crippen molar-refractivity contribution in [3.8, 4) is 5.75 Å². The van der Waals surface area contributed by atoms with E-state index in [4.69, 9.17) is 14.3 Å². The second-order valence-corrected chi connectivity index (χ2v) is 8.12. The van der Waals surface area contributed by atoms with E-state index in [1.54, 1.807) is 33.1 Å². The number of nitrogens with one attached hydrogen (secondary N) is 1. The van der Waals surface area contributed by atoms with Gasteiger partial charge >= 0.3 is 11.7 Å². The van der Waals surface area contributed by atoms with Crippen LogP contribution in [0.1, 0.15) is 58.5 Å². The molecular weight excluding hydrogens is 422 g/mol. The third-order valence-electron chi connectivity index (χ3n) is 4.44. The molecule has 0 aliphatic carbocycles. The van der Waals surface area contributed by atoms with Crippen molar-refractivity contribution in [3.63, 3.8) is 0 Å². The Morgan fingerprint density at radius 1 is 1.35 bits per heavy atom. The van der Waals surface area contributed by atoms with Gasteiger partial charge in [0.05, 0.1) is 6.61 Å². The Kier molecular flexibility index (Phi) is 8.77. The molecule has 0 fully saturated rings. The van der Waals surface area contributed by atoms with Crippen LogP contribution in [-0.2, 0) is 11.3 Å². The van der Waals surface area contributed by atoms with Crippen molar-refractivity contribution in [1.82, 2.24) is 5.32 Å². The van der Waals surface area contributed by atoms with Crippen LogP contribution in [0.25, 0.3) is 6.08 Å². The molecule has 31 heavy (non-hydrogen) atoms. The van der Waals surface area contributed by atoms with Crippen molar-refractivity contribution in [2.45, 2.75) is 39.2 Å². The highest BCUT2D eigenvalue weighted by Gasteiger charge is 2.22. The number of thiophene rings is 1. The van der Waals surface area contributed by atoms with Gasteiger partial charge in [0.15, 0.2) is 5.78 Å². The van der Waals surface area contributed by atoms with Gasteiger partial charge in [-0.1, -0.05) is 13.0 Å². The molecule has 0 bridgehead atoms. The van der Waals surface area contributed by atoms with Gasteiger partial charge in [-0.25, -0.2) is 9.59 Å². The summed E-state index contributed by atoms with van der Waals surface area (Å²) in [7, 11) is 1.60. The molecule has 1 amide bonds. The summed E-state index contributed by atoms with van der Waals surface area (Å²) in [6.07, 6.45) is 4.52. The number of carbonyl (C=O) groups is 2. The lowest BCUT2D eigenvalue weighted by Gasteiger charge is -2.11. The van der Waals surface area contributed by atoms with E-state index in [1.165, 1.54) is 23.6 Å². The number of ketones is 1. The molecule has 0 aliphatic heterocycles. The zero-order valence-electron chi connectivity index (χ0n) is 17.5. The number of rotatable bonds is 10. The lowest BCUT2D eigenvalue weighted by Crippen LogP contribution is -2.16. The van der Waals surface area contributed by atoms with Gasteiger partial charge in [-0.15, -0.1) is 11.3 Å². The zero-order chi connectivity index (χ0) is 23.0. The van der Waals surface area contributed by atoms with E-state index in [1.807, 2.05) is 12.1 Å². The van der Waals surface area contributed by atoms with E-state index in [9.17, 15) is 19.5 Å². The molecule has 8 nitrogen and oxygen atoms in total. The molecule has 0 spiro atoms. The molecule has 0 saturated carbocycles. The molecule has 0 aliphatic rings. The summed E-state index contributed by atoms with van der Waals surface area (Å²) in [6.45, 7) is 3.85. The topological polar surface area (TPSA) is 126 Å². The first kappa shape index (κ1) is 24.1. The summed E-state index contributed by atoms with van der Waals surface area (Å²) in [6, 6.07) is 5.03. The van der Waals surface area contributed by atoms with Gasteiger partial charge in [0.25, 0.3) is 0 Å². The van der Waals surface area contributed by atoms with Gasteiger partial charge in [0.2, 0.25) is 0 Å². The van der Waals surface area contributed by atoms with Crippen LogP contribution >= 0.6 is 11.3 Å². The van der Waals surface area contributed by atoms with Crippen LogP contribution in [0.2, 0.25) is 0 Å². The average molecular weight is 448 g/mol. The number of Topliss-reactive ketones (excluding diaryl/α,β-unsaturated/α-hetero) is 1. The maximum absolute atomic E-state index is 12.7. The standard InChI is InChI=1S/C22H25NO7S/c1-13(6-4-5-9-23-22(27)28)18-11-17(24)19(21(26)30-18)20(25)14(2)10-15-7-8-16(31-15)12-29-3/h5,7-11,13,23-24H,4,6,12H2,1-3H3,(H,27,28)/b9-5+,14-10?. The minimum Gasteiger partial charge on any atom is -0.507 e. The summed E-state index contributed by atoms with van der Waals surface area (Å²) in [5, 5.41) is 20.9. The predicted octanol–water partition coefficient (Wildman–Crippen LogP) is 4.50. The van der Waals surface area contributed by atoms with E-state index in [-0.39, 0.29) is 11.7 Å². The molecule has 1 atom stereocenters. The van der Waals surface area contributed by atoms with Gasteiger partial charge in [0, 0.05) is 35.0 Å². The van der Waals surface area contributed by atoms with Crippen molar-refractivity contribution in [3.05, 3.63) is 67.5 Å².